The Morgan fingerprint density at radius 2 is 2.00 bits per heavy atom. The molecule has 0 saturated carbocycles. The van der Waals surface area contributed by atoms with Crippen molar-refractivity contribution in [2.24, 2.45) is 5.73 Å². The predicted molar refractivity (Wildman–Crippen MR) is 109 cm³/mol. The first kappa shape index (κ1) is 17.5. The van der Waals surface area contributed by atoms with Gasteiger partial charge in [0, 0.05) is 42.1 Å². The minimum absolute atomic E-state index is 0.237. The highest BCUT2D eigenvalue weighted by Gasteiger charge is 2.41. The normalized spacial score (nSPS) is 23.1. The molecule has 1 unspecified atom stereocenters. The molecule has 5 rings (SSSR count). The molecule has 0 aromatic carbocycles. The Labute approximate surface area is 167 Å². The van der Waals surface area contributed by atoms with Gasteiger partial charge in [-0.15, -0.1) is 0 Å². The number of fused-ring (bicyclic) bond motifs is 3. The number of nitrogens with two attached hydrogens (primary N) is 1. The zero-order chi connectivity index (χ0) is 20.0. The number of pyridine rings is 2. The lowest BCUT2D eigenvalue weighted by atomic mass is 9.96. The fraction of sp³-hybridized carbons (Fsp3) is 0.333. The van der Waals surface area contributed by atoms with Crippen LogP contribution >= 0.6 is 0 Å². The van der Waals surface area contributed by atoms with E-state index >= 15 is 0 Å². The summed E-state index contributed by atoms with van der Waals surface area (Å²) >= 11 is 0. The van der Waals surface area contributed by atoms with Gasteiger partial charge in [0.05, 0.1) is 16.8 Å². The molecule has 2 bridgehead atoms. The molecule has 5 heterocycles. The number of aromatic nitrogens is 3. The molecule has 2 saturated heterocycles. The maximum absolute atomic E-state index is 12.0. The van der Waals surface area contributed by atoms with Gasteiger partial charge in [0.1, 0.15) is 17.5 Å². The van der Waals surface area contributed by atoms with E-state index in [1.54, 1.807) is 6.20 Å². The van der Waals surface area contributed by atoms with Crippen LogP contribution < -0.4 is 16.0 Å². The quantitative estimate of drug-likeness (QED) is 0.632. The third-order valence-electron chi connectivity index (χ3n) is 6.08. The van der Waals surface area contributed by atoms with Gasteiger partial charge >= 0.3 is 0 Å². The van der Waals surface area contributed by atoms with Gasteiger partial charge in [0.25, 0.3) is 5.91 Å². The van der Waals surface area contributed by atoms with Crippen molar-refractivity contribution in [2.45, 2.75) is 43.8 Å². The van der Waals surface area contributed by atoms with Gasteiger partial charge in [-0.2, -0.15) is 5.26 Å². The van der Waals surface area contributed by atoms with Gasteiger partial charge in [-0.25, -0.2) is 9.97 Å². The van der Waals surface area contributed by atoms with Gasteiger partial charge < -0.3 is 20.9 Å². The number of aromatic amines is 1. The van der Waals surface area contributed by atoms with Crippen LogP contribution in [0.25, 0.3) is 11.0 Å². The Morgan fingerprint density at radius 3 is 2.66 bits per heavy atom. The van der Waals surface area contributed by atoms with Gasteiger partial charge in [-0.3, -0.25) is 4.79 Å². The number of H-pyrrole nitrogens is 1. The number of hydrogen-bond donors (Lipinski definition) is 3. The summed E-state index contributed by atoms with van der Waals surface area (Å²) in [4.78, 5) is 26.2. The zero-order valence-corrected chi connectivity index (χ0v) is 15.8. The topological polar surface area (TPSA) is 124 Å². The Balaban J connectivity index is 1.40. The summed E-state index contributed by atoms with van der Waals surface area (Å²) in [6.45, 7) is 0. The summed E-state index contributed by atoms with van der Waals surface area (Å²) in [5.74, 6) is 0.454. The fourth-order valence-corrected chi connectivity index (χ4v) is 4.83. The molecule has 2 aliphatic rings. The number of hydrogen-bond acceptors (Lipinski definition) is 6. The highest BCUT2D eigenvalue weighted by molar-refractivity contribution is 6.06. The van der Waals surface area contributed by atoms with Crippen LogP contribution in [0.3, 0.4) is 0 Å². The second-order valence-electron chi connectivity index (χ2n) is 7.77. The van der Waals surface area contributed by atoms with Crippen LogP contribution in [-0.4, -0.2) is 39.0 Å². The lowest BCUT2D eigenvalue weighted by Gasteiger charge is -2.40. The second kappa shape index (κ2) is 6.78. The molecule has 8 nitrogen and oxygen atoms in total. The number of nitriles is 1. The lowest BCUT2D eigenvalue weighted by molar-refractivity contribution is 0.100. The van der Waals surface area contributed by atoms with Crippen LogP contribution in [0.2, 0.25) is 0 Å². The van der Waals surface area contributed by atoms with Crippen molar-refractivity contribution in [1.29, 1.82) is 5.26 Å². The number of carbonyl (C=O) groups excluding carboxylic acids is 1. The van der Waals surface area contributed by atoms with Crippen LogP contribution in [0.5, 0.6) is 0 Å². The van der Waals surface area contributed by atoms with Gasteiger partial charge in [0.2, 0.25) is 0 Å². The van der Waals surface area contributed by atoms with E-state index in [2.05, 4.69) is 31.2 Å². The Hall–Kier alpha value is -3.60. The molecule has 2 aliphatic heterocycles. The first-order valence-electron chi connectivity index (χ1n) is 9.81. The zero-order valence-electron chi connectivity index (χ0n) is 15.8. The van der Waals surface area contributed by atoms with Crippen LogP contribution in [0.15, 0.2) is 36.8 Å². The molecule has 3 aromatic heterocycles. The molecule has 4 N–H and O–H groups in total. The highest BCUT2D eigenvalue weighted by Crippen LogP contribution is 2.40. The van der Waals surface area contributed by atoms with Crippen molar-refractivity contribution < 1.29 is 4.79 Å². The third kappa shape index (κ3) is 2.95. The minimum atomic E-state index is -0.481. The van der Waals surface area contributed by atoms with Gasteiger partial charge in [-0.05, 0) is 43.9 Å². The number of anilines is 2. The monoisotopic (exact) mass is 387 g/mol. The number of primary amides is 1. The van der Waals surface area contributed by atoms with Crippen LogP contribution in [0.1, 0.15) is 41.6 Å². The smallest absolute Gasteiger partial charge is 0.252 e. The summed E-state index contributed by atoms with van der Waals surface area (Å²) in [5, 5.41) is 13.5. The molecule has 0 spiro atoms. The minimum Gasteiger partial charge on any atom is -0.381 e. The molecule has 8 heteroatoms. The summed E-state index contributed by atoms with van der Waals surface area (Å²) in [5.41, 5.74) is 8.09. The third-order valence-corrected chi connectivity index (χ3v) is 6.08. The Kier molecular flexibility index (Phi) is 4.09. The number of amides is 1. The molecular weight excluding hydrogens is 366 g/mol. The number of rotatable bonds is 4. The van der Waals surface area contributed by atoms with E-state index in [9.17, 15) is 4.79 Å². The van der Waals surface area contributed by atoms with Crippen molar-refractivity contribution in [3.05, 3.63) is 47.9 Å². The number of nitrogens with zero attached hydrogens (tertiary/aromatic N) is 4. The molecule has 1 amide bonds. The van der Waals surface area contributed by atoms with Crippen molar-refractivity contribution in [1.82, 2.24) is 15.0 Å². The summed E-state index contributed by atoms with van der Waals surface area (Å²) in [6, 6.07) is 8.80. The highest BCUT2D eigenvalue weighted by atomic mass is 16.1. The van der Waals surface area contributed by atoms with Crippen molar-refractivity contribution in [3.63, 3.8) is 0 Å². The summed E-state index contributed by atoms with van der Waals surface area (Å²) in [6.07, 6.45) is 9.11. The van der Waals surface area contributed by atoms with E-state index in [0.717, 1.165) is 48.2 Å². The maximum Gasteiger partial charge on any atom is 0.252 e. The fourth-order valence-electron chi connectivity index (χ4n) is 4.83. The van der Waals surface area contributed by atoms with E-state index < -0.39 is 5.91 Å². The van der Waals surface area contributed by atoms with Crippen molar-refractivity contribution in [2.75, 3.05) is 10.2 Å². The average Bonchev–Trinajstić information content (AvgIpc) is 3.31. The van der Waals surface area contributed by atoms with Crippen LogP contribution in [0.4, 0.5) is 11.5 Å². The Morgan fingerprint density at radius 1 is 1.21 bits per heavy atom. The first-order chi connectivity index (χ1) is 14.1. The van der Waals surface area contributed by atoms with E-state index in [0.29, 0.717) is 23.2 Å². The van der Waals surface area contributed by atoms with Crippen LogP contribution in [0, 0.1) is 11.3 Å². The molecular formula is C21H21N7O. The second-order valence-corrected chi connectivity index (χ2v) is 7.77. The maximum atomic E-state index is 12.0. The Bertz CT molecular complexity index is 1100. The van der Waals surface area contributed by atoms with Crippen molar-refractivity contribution in [3.8, 4) is 6.07 Å². The summed E-state index contributed by atoms with van der Waals surface area (Å²) in [7, 11) is 0. The standard InChI is InChI=1S/C21H21N7O/c22-9-12-1-4-18(25-10-12)28-14-2-3-15(28)8-13(7-14)27-19-16-5-6-24-21(16)26-11-17(19)20(23)29/h1,4-6,10-11,13-15H,2-3,7-8H2,(H2,23,29)(H2,24,26,27)/t13?,14-,15+. The van der Waals surface area contributed by atoms with Crippen LogP contribution in [-0.2, 0) is 0 Å². The van der Waals surface area contributed by atoms with Crippen molar-refractivity contribution >= 4 is 28.4 Å². The van der Waals surface area contributed by atoms with E-state index in [-0.39, 0.29) is 6.04 Å². The molecule has 29 heavy (non-hydrogen) atoms. The molecule has 3 aromatic rings. The predicted octanol–water partition coefficient (Wildman–Crippen LogP) is 2.54. The van der Waals surface area contributed by atoms with E-state index in [1.807, 2.05) is 24.4 Å². The number of piperidine rings is 1. The van der Waals surface area contributed by atoms with E-state index in [4.69, 9.17) is 11.0 Å². The first-order valence-corrected chi connectivity index (χ1v) is 9.81. The number of carbonyl (C=O) groups is 1. The van der Waals surface area contributed by atoms with Gasteiger partial charge in [0.15, 0.2) is 0 Å². The number of nitrogens with one attached hydrogen (secondary N) is 2. The van der Waals surface area contributed by atoms with E-state index in [1.165, 1.54) is 6.20 Å². The molecule has 146 valence electrons. The molecule has 2 fully saturated rings. The molecule has 0 radical (unpaired) electrons. The molecule has 0 aliphatic carbocycles. The SMILES string of the molecule is N#Cc1ccc(N2[C@@H]3CC[C@H]2CC(Nc2c(C(N)=O)cnc4[nH]ccc24)C3)nc1. The largest absolute Gasteiger partial charge is 0.381 e. The van der Waals surface area contributed by atoms with Gasteiger partial charge in [-0.1, -0.05) is 0 Å². The lowest BCUT2D eigenvalue weighted by Crippen LogP contribution is -2.47. The summed E-state index contributed by atoms with van der Waals surface area (Å²) < 4.78 is 0. The molecule has 3 atom stereocenters. The average molecular weight is 387 g/mol.